The first-order valence-corrected chi connectivity index (χ1v) is 10.1. The van der Waals surface area contributed by atoms with Crippen LogP contribution in [0, 0.1) is 5.82 Å². The first-order valence-electron chi connectivity index (χ1n) is 10.1. The third-order valence-electron chi connectivity index (χ3n) is 5.27. The molecule has 1 aromatic carbocycles. The van der Waals surface area contributed by atoms with Gasteiger partial charge in [0.1, 0.15) is 17.8 Å². The second kappa shape index (κ2) is 8.17. The summed E-state index contributed by atoms with van der Waals surface area (Å²) in [6.45, 7) is 10.4. The Hall–Kier alpha value is -3.75. The molecule has 0 unspecified atom stereocenters. The molecule has 8 nitrogen and oxygen atoms in total. The van der Waals surface area contributed by atoms with Crippen molar-refractivity contribution in [3.05, 3.63) is 66.8 Å². The van der Waals surface area contributed by atoms with Crippen molar-refractivity contribution in [1.29, 1.82) is 0 Å². The molecule has 4 rings (SSSR count). The van der Waals surface area contributed by atoms with E-state index in [1.54, 1.807) is 24.7 Å². The van der Waals surface area contributed by atoms with Crippen molar-refractivity contribution in [3.63, 3.8) is 0 Å². The lowest BCUT2D eigenvalue weighted by Gasteiger charge is -2.41. The molecule has 1 aliphatic rings. The van der Waals surface area contributed by atoms with Gasteiger partial charge in [-0.05, 0) is 44.5 Å². The molecular weight excluding hydrogens is 397 g/mol. The van der Waals surface area contributed by atoms with Crippen LogP contribution in [-0.2, 0) is 0 Å². The van der Waals surface area contributed by atoms with Gasteiger partial charge in [0.15, 0.2) is 17.4 Å². The van der Waals surface area contributed by atoms with Crippen molar-refractivity contribution in [2.45, 2.75) is 39.3 Å². The lowest BCUT2D eigenvalue weighted by molar-refractivity contribution is 0.240. The number of halogens is 1. The molecule has 9 heteroatoms. The Labute approximate surface area is 179 Å². The molecule has 0 aliphatic carbocycles. The van der Waals surface area contributed by atoms with E-state index in [0.29, 0.717) is 34.1 Å². The Morgan fingerprint density at radius 2 is 2.10 bits per heavy atom. The van der Waals surface area contributed by atoms with E-state index >= 15 is 0 Å². The molecule has 0 fully saturated rings. The summed E-state index contributed by atoms with van der Waals surface area (Å²) in [5, 5.41) is 12.3. The van der Waals surface area contributed by atoms with Gasteiger partial charge in [0.25, 0.3) is 0 Å². The first kappa shape index (κ1) is 20.5. The lowest BCUT2D eigenvalue weighted by atomic mass is 10.0. The third-order valence-corrected chi connectivity index (χ3v) is 5.27. The van der Waals surface area contributed by atoms with Gasteiger partial charge in [-0.1, -0.05) is 18.7 Å². The molecule has 2 N–H and O–H groups in total. The maximum atomic E-state index is 13.3. The van der Waals surface area contributed by atoms with Crippen LogP contribution in [0.1, 0.15) is 44.6 Å². The van der Waals surface area contributed by atoms with Gasteiger partial charge in [0, 0.05) is 17.8 Å². The number of benzene rings is 1. The summed E-state index contributed by atoms with van der Waals surface area (Å²) in [7, 11) is 0. The number of hydrogen-bond donors (Lipinski definition) is 1. The highest BCUT2D eigenvalue weighted by atomic mass is 19.1. The number of fused-ring (bicyclic) bond motifs is 1. The van der Waals surface area contributed by atoms with Crippen LogP contribution in [-0.4, -0.2) is 36.7 Å². The van der Waals surface area contributed by atoms with E-state index < -0.39 is 0 Å². The Balaban J connectivity index is 1.81. The Bertz CT molecular complexity index is 1160. The fourth-order valence-electron chi connectivity index (χ4n) is 3.87. The molecule has 0 saturated heterocycles. The standard InChI is InChI=1S/C22H24FN7O/c1-5-18-22-28-25-12-29(22)19(10-24)21(30(18)13(2)3)27-14(4)17-11-26-31-20(17)15-6-8-16(23)9-7-15/h6-13,18H,4-5,24H2,1-3H3/b19-10+,27-21?/t18-/m1/s1. The molecule has 0 saturated carbocycles. The van der Waals surface area contributed by atoms with Gasteiger partial charge in [0.05, 0.1) is 23.5 Å². The van der Waals surface area contributed by atoms with Gasteiger partial charge in [-0.25, -0.2) is 9.38 Å². The van der Waals surface area contributed by atoms with Crippen LogP contribution in [0.15, 0.2) is 59.1 Å². The van der Waals surface area contributed by atoms with Crippen LogP contribution < -0.4 is 5.73 Å². The van der Waals surface area contributed by atoms with Gasteiger partial charge < -0.3 is 15.2 Å². The van der Waals surface area contributed by atoms with E-state index in [1.807, 2.05) is 4.57 Å². The average Bonchev–Trinajstić information content (AvgIpc) is 3.43. The summed E-state index contributed by atoms with van der Waals surface area (Å²) >= 11 is 0. The lowest BCUT2D eigenvalue weighted by Crippen LogP contribution is -2.46. The zero-order valence-electron chi connectivity index (χ0n) is 17.7. The van der Waals surface area contributed by atoms with Gasteiger partial charge in [-0.3, -0.25) is 4.57 Å². The normalized spacial score (nSPS) is 18.7. The van der Waals surface area contributed by atoms with Crippen LogP contribution >= 0.6 is 0 Å². The van der Waals surface area contributed by atoms with Gasteiger partial charge in [-0.15, -0.1) is 10.2 Å². The molecule has 0 spiro atoms. The summed E-state index contributed by atoms with van der Waals surface area (Å²) in [5.74, 6) is 1.62. The number of aromatic nitrogens is 4. The van der Waals surface area contributed by atoms with Crippen LogP contribution in [0.3, 0.4) is 0 Å². The van der Waals surface area contributed by atoms with E-state index in [4.69, 9.17) is 15.2 Å². The molecule has 3 heterocycles. The van der Waals surface area contributed by atoms with E-state index in [-0.39, 0.29) is 17.9 Å². The van der Waals surface area contributed by atoms with Crippen molar-refractivity contribution >= 4 is 17.2 Å². The SMILES string of the molecule is C=C(N=C1/C(=C\N)n2cnnc2[C@@H](CC)N1C(C)C)c1cnoc1-c1ccc(F)cc1. The van der Waals surface area contributed by atoms with E-state index in [0.717, 1.165) is 12.2 Å². The van der Waals surface area contributed by atoms with Crippen LogP contribution in [0.25, 0.3) is 22.7 Å². The predicted octanol–water partition coefficient (Wildman–Crippen LogP) is 4.07. The highest BCUT2D eigenvalue weighted by Gasteiger charge is 2.36. The summed E-state index contributed by atoms with van der Waals surface area (Å²) in [5.41, 5.74) is 8.42. The van der Waals surface area contributed by atoms with Crippen LogP contribution in [0.4, 0.5) is 4.39 Å². The van der Waals surface area contributed by atoms with E-state index in [9.17, 15) is 4.39 Å². The third kappa shape index (κ3) is 3.52. The van der Waals surface area contributed by atoms with Gasteiger partial charge in [0.2, 0.25) is 0 Å². The first-order chi connectivity index (χ1) is 15.0. The minimum atomic E-state index is -0.327. The monoisotopic (exact) mass is 421 g/mol. The number of rotatable bonds is 5. The molecule has 160 valence electrons. The number of aliphatic imine (C=N–C) groups is 1. The molecule has 0 bridgehead atoms. The maximum Gasteiger partial charge on any atom is 0.176 e. The zero-order chi connectivity index (χ0) is 22.1. The van der Waals surface area contributed by atoms with Crippen molar-refractivity contribution in [1.82, 2.24) is 24.8 Å². The molecule has 31 heavy (non-hydrogen) atoms. The minimum Gasteiger partial charge on any atom is -0.403 e. The molecule has 1 aliphatic heterocycles. The van der Waals surface area contributed by atoms with Crippen LogP contribution in [0.2, 0.25) is 0 Å². The smallest absolute Gasteiger partial charge is 0.176 e. The van der Waals surface area contributed by atoms with Crippen molar-refractivity contribution in [2.24, 2.45) is 10.7 Å². The second-order valence-corrected chi connectivity index (χ2v) is 7.49. The Kier molecular flexibility index (Phi) is 5.41. The molecule has 0 radical (unpaired) electrons. The average molecular weight is 421 g/mol. The van der Waals surface area contributed by atoms with Gasteiger partial charge >= 0.3 is 0 Å². The summed E-state index contributed by atoms with van der Waals surface area (Å²) < 4.78 is 20.6. The largest absolute Gasteiger partial charge is 0.403 e. The van der Waals surface area contributed by atoms with Crippen molar-refractivity contribution in [3.8, 4) is 11.3 Å². The highest BCUT2D eigenvalue weighted by Crippen LogP contribution is 2.36. The number of nitrogens with zero attached hydrogens (tertiary/aromatic N) is 6. The number of nitrogens with two attached hydrogens (primary N) is 1. The minimum absolute atomic E-state index is 0.0169. The molecular formula is C22H24FN7O. The molecule has 3 aromatic rings. The quantitative estimate of drug-likeness (QED) is 0.667. The number of hydrogen-bond acceptors (Lipinski definition) is 6. The number of amidine groups is 1. The topological polar surface area (TPSA) is 98.4 Å². The molecule has 1 atom stereocenters. The second-order valence-electron chi connectivity index (χ2n) is 7.49. The Morgan fingerprint density at radius 3 is 2.74 bits per heavy atom. The highest BCUT2D eigenvalue weighted by molar-refractivity contribution is 6.19. The fourth-order valence-corrected chi connectivity index (χ4v) is 3.87. The molecule has 0 amide bonds. The van der Waals surface area contributed by atoms with E-state index in [2.05, 4.69) is 47.6 Å². The summed E-state index contributed by atoms with van der Waals surface area (Å²) in [4.78, 5) is 7.03. The molecule has 2 aromatic heterocycles. The van der Waals surface area contributed by atoms with E-state index in [1.165, 1.54) is 18.3 Å². The van der Waals surface area contributed by atoms with Crippen molar-refractivity contribution in [2.75, 3.05) is 0 Å². The summed E-state index contributed by atoms with van der Waals surface area (Å²) in [6.07, 6.45) is 5.50. The predicted molar refractivity (Wildman–Crippen MR) is 117 cm³/mol. The fraction of sp³-hybridized carbons (Fsp3) is 0.273. The summed E-state index contributed by atoms with van der Waals surface area (Å²) in [6, 6.07) is 6.09. The van der Waals surface area contributed by atoms with Gasteiger partial charge in [-0.2, -0.15) is 0 Å². The van der Waals surface area contributed by atoms with Crippen molar-refractivity contribution < 1.29 is 8.91 Å². The van der Waals surface area contributed by atoms with Crippen LogP contribution in [0.5, 0.6) is 0 Å². The zero-order valence-corrected chi connectivity index (χ0v) is 17.7. The Morgan fingerprint density at radius 1 is 1.35 bits per heavy atom. The maximum absolute atomic E-state index is 13.3.